The van der Waals surface area contributed by atoms with Gasteiger partial charge in [0.2, 0.25) is 11.8 Å². The Kier molecular flexibility index (Phi) is 8.21. The van der Waals surface area contributed by atoms with Crippen molar-refractivity contribution in [1.82, 2.24) is 9.80 Å². The number of hydrogen-bond acceptors (Lipinski definition) is 5. The van der Waals surface area contributed by atoms with Crippen LogP contribution in [0, 0.1) is 11.7 Å². The maximum Gasteiger partial charge on any atom is 0.242 e. The molecule has 0 aliphatic carbocycles. The number of fused-ring (bicyclic) bond motifs is 1. The summed E-state index contributed by atoms with van der Waals surface area (Å²) in [4.78, 5) is 31.3. The zero-order valence-corrected chi connectivity index (χ0v) is 20.7. The lowest BCUT2D eigenvalue weighted by Gasteiger charge is -2.37. The van der Waals surface area contributed by atoms with Crippen molar-refractivity contribution in [1.29, 1.82) is 0 Å². The first-order valence-corrected chi connectivity index (χ1v) is 12.9. The van der Waals surface area contributed by atoms with Crippen molar-refractivity contribution in [2.24, 2.45) is 5.92 Å². The van der Waals surface area contributed by atoms with E-state index < -0.39 is 0 Å². The number of hydrogen-bond donors (Lipinski definition) is 0. The van der Waals surface area contributed by atoms with Gasteiger partial charge in [0.15, 0.2) is 0 Å². The average Bonchev–Trinajstić information content (AvgIpc) is 3.48. The number of amides is 2. The summed E-state index contributed by atoms with van der Waals surface area (Å²) in [6, 6.07) is 7.78. The van der Waals surface area contributed by atoms with Crippen molar-refractivity contribution in [3.05, 3.63) is 52.0 Å². The Labute approximate surface area is 204 Å². The second-order valence-corrected chi connectivity index (χ2v) is 10.4. The predicted octanol–water partition coefficient (Wildman–Crippen LogP) is 4.45. The third-order valence-corrected chi connectivity index (χ3v) is 7.33. The van der Waals surface area contributed by atoms with Crippen molar-refractivity contribution in [2.75, 3.05) is 32.8 Å². The smallest absolute Gasteiger partial charge is 0.242 e. The number of nitrogens with zero attached hydrogens (tertiary/aromatic N) is 2. The molecule has 2 atom stereocenters. The molecule has 0 spiro atoms. The number of halogens is 1. The Hall–Kier alpha value is -2.45. The molecule has 2 aliphatic rings. The fraction of sp³-hybridized carbons (Fsp3) is 0.538. The van der Waals surface area contributed by atoms with Gasteiger partial charge in [-0.25, -0.2) is 4.39 Å². The summed E-state index contributed by atoms with van der Waals surface area (Å²) < 4.78 is 25.3. The van der Waals surface area contributed by atoms with Gasteiger partial charge >= 0.3 is 0 Å². The molecule has 6 nitrogen and oxygen atoms in total. The van der Waals surface area contributed by atoms with Gasteiger partial charge in [-0.15, -0.1) is 11.3 Å². The maximum atomic E-state index is 13.6. The molecule has 0 bridgehead atoms. The number of rotatable bonds is 9. The normalized spacial score (nSPS) is 19.8. The van der Waals surface area contributed by atoms with E-state index in [4.69, 9.17) is 9.47 Å². The van der Waals surface area contributed by atoms with Gasteiger partial charge in [-0.2, -0.15) is 0 Å². The zero-order valence-electron chi connectivity index (χ0n) is 19.9. The number of thiophene rings is 1. The molecule has 2 aromatic rings. The molecule has 0 saturated carbocycles. The average molecular weight is 489 g/mol. The first-order chi connectivity index (χ1) is 16.4. The molecule has 0 radical (unpaired) electrons. The molecule has 3 heterocycles. The highest BCUT2D eigenvalue weighted by Gasteiger charge is 2.34. The quantitative estimate of drug-likeness (QED) is 0.524. The minimum absolute atomic E-state index is 0.0131. The second kappa shape index (κ2) is 11.3. The highest BCUT2D eigenvalue weighted by Crippen LogP contribution is 2.34. The van der Waals surface area contributed by atoms with Crippen molar-refractivity contribution < 1.29 is 23.5 Å². The Bertz CT molecular complexity index is 989. The minimum Gasteiger partial charge on any atom is -0.491 e. The lowest BCUT2D eigenvalue weighted by atomic mass is 10.00. The summed E-state index contributed by atoms with van der Waals surface area (Å²) in [5.74, 6) is 0.172. The molecule has 1 saturated heterocycles. The summed E-state index contributed by atoms with van der Waals surface area (Å²) in [5, 5.41) is 2.03. The van der Waals surface area contributed by atoms with Gasteiger partial charge in [0.25, 0.3) is 0 Å². The Morgan fingerprint density at radius 1 is 1.32 bits per heavy atom. The lowest BCUT2D eigenvalue weighted by Crippen LogP contribution is -2.49. The number of ether oxygens (including phenoxy) is 2. The molecule has 8 heteroatoms. The van der Waals surface area contributed by atoms with Crippen LogP contribution in [0.4, 0.5) is 4.39 Å². The third kappa shape index (κ3) is 6.16. The first-order valence-electron chi connectivity index (χ1n) is 12.0. The van der Waals surface area contributed by atoms with Gasteiger partial charge < -0.3 is 19.3 Å². The van der Waals surface area contributed by atoms with E-state index in [1.165, 1.54) is 17.0 Å². The van der Waals surface area contributed by atoms with Gasteiger partial charge in [-0.1, -0.05) is 19.9 Å². The van der Waals surface area contributed by atoms with Gasteiger partial charge in [0, 0.05) is 37.1 Å². The van der Waals surface area contributed by atoms with Crippen LogP contribution in [0.5, 0.6) is 5.75 Å². The molecule has 1 aromatic heterocycles. The molecule has 184 valence electrons. The standard InChI is InChI=1S/C26H33FN2O4S/c1-18(2)13-25(30)28(15-21-7-4-11-32-21)16-26(31)29-10-8-24-22(9-12-34-24)23(29)17-33-20-6-3-5-19(27)14-20/h3,5-6,9,12,14,18,21,23H,4,7-8,10-11,13,15-17H2,1-2H3/t21-,23+/m0/s1. The zero-order chi connectivity index (χ0) is 24.1. The van der Waals surface area contributed by atoms with Crippen LogP contribution in [-0.4, -0.2) is 60.6 Å². The predicted molar refractivity (Wildman–Crippen MR) is 129 cm³/mol. The molecule has 1 aromatic carbocycles. The summed E-state index contributed by atoms with van der Waals surface area (Å²) in [6.45, 7) is 5.98. The third-order valence-electron chi connectivity index (χ3n) is 6.33. The second-order valence-electron chi connectivity index (χ2n) is 9.43. The van der Waals surface area contributed by atoms with E-state index in [0.29, 0.717) is 31.9 Å². The van der Waals surface area contributed by atoms with Crippen molar-refractivity contribution >= 4 is 23.2 Å². The van der Waals surface area contributed by atoms with E-state index in [9.17, 15) is 14.0 Å². The number of carbonyl (C=O) groups excluding carboxylic acids is 2. The molecule has 4 rings (SSSR count). The summed E-state index contributed by atoms with van der Waals surface area (Å²) in [5.41, 5.74) is 1.07. The van der Waals surface area contributed by atoms with E-state index in [0.717, 1.165) is 24.8 Å². The van der Waals surface area contributed by atoms with E-state index in [1.807, 2.05) is 30.2 Å². The topological polar surface area (TPSA) is 59.1 Å². The van der Waals surface area contributed by atoms with Crippen LogP contribution in [0.1, 0.15) is 49.6 Å². The van der Waals surface area contributed by atoms with Crippen LogP contribution < -0.4 is 4.74 Å². The number of carbonyl (C=O) groups is 2. The number of benzene rings is 1. The van der Waals surface area contributed by atoms with Crippen LogP contribution in [-0.2, 0) is 20.7 Å². The summed E-state index contributed by atoms with van der Waals surface area (Å²) >= 11 is 1.68. The van der Waals surface area contributed by atoms with Gasteiger partial charge in [0.1, 0.15) is 18.2 Å². The maximum absolute atomic E-state index is 13.6. The van der Waals surface area contributed by atoms with Crippen LogP contribution >= 0.6 is 11.3 Å². The fourth-order valence-electron chi connectivity index (χ4n) is 4.63. The molecule has 0 unspecified atom stereocenters. The molecular formula is C26H33FN2O4S. The monoisotopic (exact) mass is 488 g/mol. The van der Waals surface area contributed by atoms with Gasteiger partial charge in [-0.3, -0.25) is 9.59 Å². The van der Waals surface area contributed by atoms with Crippen LogP contribution in [0.25, 0.3) is 0 Å². The van der Waals surface area contributed by atoms with E-state index in [-0.39, 0.29) is 48.8 Å². The summed E-state index contributed by atoms with van der Waals surface area (Å²) in [6.07, 6.45) is 3.06. The molecule has 2 aliphatic heterocycles. The van der Waals surface area contributed by atoms with Crippen molar-refractivity contribution in [3.8, 4) is 5.75 Å². The van der Waals surface area contributed by atoms with Crippen LogP contribution in [0.15, 0.2) is 35.7 Å². The Balaban J connectivity index is 1.49. The molecule has 34 heavy (non-hydrogen) atoms. The Morgan fingerprint density at radius 2 is 2.18 bits per heavy atom. The molecule has 1 fully saturated rings. The highest BCUT2D eigenvalue weighted by atomic mass is 32.1. The summed E-state index contributed by atoms with van der Waals surface area (Å²) in [7, 11) is 0. The fourth-order valence-corrected chi connectivity index (χ4v) is 5.56. The largest absolute Gasteiger partial charge is 0.491 e. The molecule has 0 N–H and O–H groups in total. The van der Waals surface area contributed by atoms with E-state index >= 15 is 0 Å². The van der Waals surface area contributed by atoms with Crippen LogP contribution in [0.3, 0.4) is 0 Å². The first kappa shape index (κ1) is 24.7. The molecule has 2 amide bonds. The van der Waals surface area contributed by atoms with Crippen LogP contribution in [0.2, 0.25) is 0 Å². The SMILES string of the molecule is CC(C)CC(=O)N(CC(=O)N1CCc2sccc2[C@H]1COc1cccc(F)c1)C[C@@H]1CCCO1. The minimum atomic E-state index is -0.362. The van der Waals surface area contributed by atoms with E-state index in [1.54, 1.807) is 28.4 Å². The van der Waals surface area contributed by atoms with Crippen molar-refractivity contribution in [2.45, 2.75) is 51.7 Å². The van der Waals surface area contributed by atoms with Gasteiger partial charge in [0.05, 0.1) is 18.7 Å². The van der Waals surface area contributed by atoms with Gasteiger partial charge in [-0.05, 0) is 54.3 Å². The van der Waals surface area contributed by atoms with E-state index in [2.05, 4.69) is 0 Å². The van der Waals surface area contributed by atoms with Crippen molar-refractivity contribution in [3.63, 3.8) is 0 Å². The Morgan fingerprint density at radius 3 is 2.91 bits per heavy atom. The highest BCUT2D eigenvalue weighted by molar-refractivity contribution is 7.10. The molecular weight excluding hydrogens is 455 g/mol. The lowest BCUT2D eigenvalue weighted by molar-refractivity contribution is -0.144.